The maximum atomic E-state index is 11.4. The van der Waals surface area contributed by atoms with Crippen LogP contribution in [0.15, 0.2) is 0 Å². The average Bonchev–Trinajstić information content (AvgIpc) is 2.13. The van der Waals surface area contributed by atoms with Gasteiger partial charge in [-0.1, -0.05) is 13.8 Å². The lowest BCUT2D eigenvalue weighted by Crippen LogP contribution is -2.41. The quantitative estimate of drug-likeness (QED) is 0.680. The molecule has 0 bridgehead atoms. The Kier molecular flexibility index (Phi) is 6.40. The van der Waals surface area contributed by atoms with Crippen LogP contribution in [-0.2, 0) is 9.59 Å². The molecule has 0 aliphatic rings. The zero-order valence-corrected chi connectivity index (χ0v) is 10.7. The molecule has 2 amide bonds. The highest BCUT2D eigenvalue weighted by Crippen LogP contribution is 1.98. The summed E-state index contributed by atoms with van der Waals surface area (Å²) in [4.78, 5) is 24.1. The molecule has 1 unspecified atom stereocenters. The van der Waals surface area contributed by atoms with Crippen molar-refractivity contribution in [3.05, 3.63) is 0 Å². The molecule has 1 N–H and O–H groups in total. The van der Waals surface area contributed by atoms with Gasteiger partial charge in [0.15, 0.2) is 0 Å². The number of carbonyl (C=O) groups is 2. The molecule has 0 spiro atoms. The third-order valence-corrected chi connectivity index (χ3v) is 2.04. The third kappa shape index (κ3) is 6.38. The molecule has 0 rings (SSSR count). The second-order valence-electron chi connectivity index (χ2n) is 4.07. The number of carbonyl (C=O) groups excluding carboxylic acids is 2. The highest BCUT2D eigenvalue weighted by Gasteiger charge is 2.16. The molecule has 15 heavy (non-hydrogen) atoms. The van der Waals surface area contributed by atoms with E-state index in [1.807, 2.05) is 13.8 Å². The maximum absolute atomic E-state index is 11.4. The predicted octanol–water partition coefficient (Wildman–Crippen LogP) is 0.535. The van der Waals surface area contributed by atoms with Gasteiger partial charge in [0.25, 0.3) is 0 Å². The molecular weight excluding hydrogens is 212 g/mol. The van der Waals surface area contributed by atoms with E-state index in [1.54, 1.807) is 14.0 Å². The van der Waals surface area contributed by atoms with Crippen LogP contribution in [0.25, 0.3) is 0 Å². The van der Waals surface area contributed by atoms with Crippen LogP contribution in [0.4, 0.5) is 0 Å². The lowest BCUT2D eigenvalue weighted by atomic mass is 10.2. The molecule has 4 nitrogen and oxygen atoms in total. The zero-order valence-electron chi connectivity index (χ0n) is 9.78. The molecule has 0 fully saturated rings. The van der Waals surface area contributed by atoms with E-state index >= 15 is 0 Å². The second-order valence-corrected chi connectivity index (χ2v) is 4.84. The Morgan fingerprint density at radius 3 is 2.27 bits per heavy atom. The van der Waals surface area contributed by atoms with Gasteiger partial charge in [-0.05, 0) is 12.8 Å². The topological polar surface area (TPSA) is 49.4 Å². The van der Waals surface area contributed by atoms with E-state index in [9.17, 15) is 9.59 Å². The first-order valence-corrected chi connectivity index (χ1v) is 5.56. The molecule has 88 valence electrons. The van der Waals surface area contributed by atoms with Crippen molar-refractivity contribution in [1.29, 1.82) is 0 Å². The summed E-state index contributed by atoms with van der Waals surface area (Å²) in [6, 6.07) is 0. The summed E-state index contributed by atoms with van der Waals surface area (Å²) in [6.07, 6.45) is 0. The zero-order chi connectivity index (χ0) is 12.0. The minimum atomic E-state index is -0.368. The Morgan fingerprint density at radius 2 is 1.87 bits per heavy atom. The van der Waals surface area contributed by atoms with Crippen LogP contribution in [0, 0.1) is 5.92 Å². The fourth-order valence-corrected chi connectivity index (χ4v) is 1.18. The maximum Gasteiger partial charge on any atom is 0.239 e. The van der Waals surface area contributed by atoms with Crippen LogP contribution in [0.2, 0.25) is 0 Å². The Bertz CT molecular complexity index is 229. The van der Waals surface area contributed by atoms with Crippen LogP contribution in [0.3, 0.4) is 0 Å². The fourth-order valence-electron chi connectivity index (χ4n) is 0.986. The van der Waals surface area contributed by atoms with Crippen LogP contribution < -0.4 is 5.32 Å². The number of rotatable bonds is 5. The molecule has 0 saturated heterocycles. The van der Waals surface area contributed by atoms with E-state index in [2.05, 4.69) is 17.9 Å². The van der Waals surface area contributed by atoms with Gasteiger partial charge in [0.1, 0.15) is 0 Å². The van der Waals surface area contributed by atoms with E-state index < -0.39 is 0 Å². The number of thiol groups is 1. The normalized spacial score (nSPS) is 12.4. The van der Waals surface area contributed by atoms with E-state index in [0.29, 0.717) is 12.5 Å². The number of hydrogen-bond donors (Lipinski definition) is 2. The average molecular weight is 232 g/mol. The Hall–Kier alpha value is -0.710. The van der Waals surface area contributed by atoms with E-state index in [1.165, 1.54) is 4.90 Å². The predicted molar refractivity (Wildman–Crippen MR) is 63.9 cm³/mol. The SMILES string of the molecule is CC(C)CNC(=O)CN(C)C(=O)C(C)S. The summed E-state index contributed by atoms with van der Waals surface area (Å²) >= 11 is 4.02. The summed E-state index contributed by atoms with van der Waals surface area (Å²) in [5.41, 5.74) is 0. The number of amides is 2. The lowest BCUT2D eigenvalue weighted by Gasteiger charge is -2.18. The Labute approximate surface area is 96.8 Å². The van der Waals surface area contributed by atoms with Crippen molar-refractivity contribution in [3.8, 4) is 0 Å². The molecule has 0 saturated carbocycles. The first-order valence-electron chi connectivity index (χ1n) is 5.04. The molecule has 0 aromatic heterocycles. The molecule has 0 aliphatic carbocycles. The molecule has 0 aromatic rings. The first kappa shape index (κ1) is 14.3. The van der Waals surface area contributed by atoms with Gasteiger partial charge in [-0.2, -0.15) is 12.6 Å². The summed E-state index contributed by atoms with van der Waals surface area (Å²) < 4.78 is 0. The van der Waals surface area contributed by atoms with Gasteiger partial charge in [-0.3, -0.25) is 9.59 Å². The highest BCUT2D eigenvalue weighted by atomic mass is 32.1. The van der Waals surface area contributed by atoms with Crippen molar-refractivity contribution in [2.45, 2.75) is 26.0 Å². The van der Waals surface area contributed by atoms with Crippen LogP contribution in [0.5, 0.6) is 0 Å². The summed E-state index contributed by atoms with van der Waals surface area (Å²) in [7, 11) is 1.60. The van der Waals surface area contributed by atoms with Gasteiger partial charge in [-0.25, -0.2) is 0 Å². The van der Waals surface area contributed by atoms with Crippen molar-refractivity contribution >= 4 is 24.4 Å². The molecular formula is C10H20N2O2S. The highest BCUT2D eigenvalue weighted by molar-refractivity contribution is 7.81. The fraction of sp³-hybridized carbons (Fsp3) is 0.800. The van der Waals surface area contributed by atoms with Gasteiger partial charge in [0.05, 0.1) is 11.8 Å². The molecule has 0 heterocycles. The largest absolute Gasteiger partial charge is 0.354 e. The molecule has 5 heteroatoms. The van der Waals surface area contributed by atoms with E-state index in [-0.39, 0.29) is 23.6 Å². The van der Waals surface area contributed by atoms with Crippen molar-refractivity contribution in [2.24, 2.45) is 5.92 Å². The van der Waals surface area contributed by atoms with Crippen molar-refractivity contribution < 1.29 is 9.59 Å². The number of nitrogens with one attached hydrogen (secondary N) is 1. The second kappa shape index (κ2) is 6.71. The van der Waals surface area contributed by atoms with Crippen molar-refractivity contribution in [1.82, 2.24) is 10.2 Å². The molecule has 0 radical (unpaired) electrons. The van der Waals surface area contributed by atoms with Gasteiger partial charge < -0.3 is 10.2 Å². The number of hydrogen-bond acceptors (Lipinski definition) is 3. The summed E-state index contributed by atoms with van der Waals surface area (Å²) in [5.74, 6) is 0.144. The van der Waals surface area contributed by atoms with Crippen LogP contribution in [0.1, 0.15) is 20.8 Å². The number of likely N-dealkylation sites (N-methyl/N-ethyl adjacent to an activating group) is 1. The Morgan fingerprint density at radius 1 is 1.33 bits per heavy atom. The van der Waals surface area contributed by atoms with E-state index in [4.69, 9.17) is 0 Å². The third-order valence-electron chi connectivity index (χ3n) is 1.82. The first-order chi connectivity index (χ1) is 6.84. The standard InChI is InChI=1S/C10H20N2O2S/c1-7(2)5-11-9(13)6-12(4)10(14)8(3)15/h7-8,15H,5-6H2,1-4H3,(H,11,13). The van der Waals surface area contributed by atoms with Crippen LogP contribution >= 0.6 is 12.6 Å². The van der Waals surface area contributed by atoms with Gasteiger partial charge >= 0.3 is 0 Å². The monoisotopic (exact) mass is 232 g/mol. The summed E-state index contributed by atoms with van der Waals surface area (Å²) in [6.45, 7) is 6.46. The van der Waals surface area contributed by atoms with Gasteiger partial charge in [-0.15, -0.1) is 0 Å². The molecule has 0 aliphatic heterocycles. The number of nitrogens with zero attached hydrogens (tertiary/aromatic N) is 1. The minimum absolute atomic E-state index is 0.0937. The Balaban J connectivity index is 3.91. The summed E-state index contributed by atoms with van der Waals surface area (Å²) in [5, 5.41) is 2.38. The smallest absolute Gasteiger partial charge is 0.239 e. The van der Waals surface area contributed by atoms with Gasteiger partial charge in [0, 0.05) is 13.6 Å². The van der Waals surface area contributed by atoms with E-state index in [0.717, 1.165) is 0 Å². The van der Waals surface area contributed by atoms with Crippen molar-refractivity contribution in [2.75, 3.05) is 20.1 Å². The minimum Gasteiger partial charge on any atom is -0.354 e. The lowest BCUT2D eigenvalue weighted by molar-refractivity contribution is -0.134. The van der Waals surface area contributed by atoms with Crippen molar-refractivity contribution in [3.63, 3.8) is 0 Å². The van der Waals surface area contributed by atoms with Gasteiger partial charge in [0.2, 0.25) is 11.8 Å². The molecule has 0 aromatic carbocycles. The van der Waals surface area contributed by atoms with Crippen LogP contribution in [-0.4, -0.2) is 42.1 Å². The molecule has 1 atom stereocenters.